The maximum absolute atomic E-state index is 12.2. The summed E-state index contributed by atoms with van der Waals surface area (Å²) in [5.41, 5.74) is 0.770. The van der Waals surface area contributed by atoms with Gasteiger partial charge in [0.15, 0.2) is 11.5 Å². The zero-order valence-corrected chi connectivity index (χ0v) is 12.2. The number of aliphatic hydroxyl groups is 1. The zero-order chi connectivity index (χ0) is 16.3. The van der Waals surface area contributed by atoms with Crippen LogP contribution in [0.15, 0.2) is 41.7 Å². The largest absolute Gasteiger partial charge is 0.503 e. The molecule has 0 aliphatic carbocycles. The second-order valence-electron chi connectivity index (χ2n) is 5.13. The number of amides is 1. The molecule has 1 heterocycles. The molecule has 1 amide bonds. The van der Waals surface area contributed by atoms with Crippen LogP contribution in [0.2, 0.25) is 0 Å². The monoisotopic (exact) mass is 303 g/mol. The summed E-state index contributed by atoms with van der Waals surface area (Å²) in [5, 5.41) is 18.7. The lowest BCUT2D eigenvalue weighted by molar-refractivity contribution is -0.138. The van der Waals surface area contributed by atoms with Crippen molar-refractivity contribution in [1.29, 1.82) is 0 Å². The summed E-state index contributed by atoms with van der Waals surface area (Å²) in [4.78, 5) is 36.0. The zero-order valence-electron chi connectivity index (χ0n) is 12.2. The molecule has 2 rings (SSSR count). The van der Waals surface area contributed by atoms with Crippen molar-refractivity contribution in [3.63, 3.8) is 0 Å². The highest BCUT2D eigenvalue weighted by molar-refractivity contribution is 6.08. The fourth-order valence-corrected chi connectivity index (χ4v) is 2.63. The standard InChI is InChI=1S/C16H17NO5/c1-10(18)13-14(11-6-3-2-4-7-11)17(16(22)15(13)21)9-5-8-12(19)20/h2-4,6-7,14,21H,5,8-9H2,1H3,(H,19,20)/t14-/m1/s1. The van der Waals surface area contributed by atoms with Crippen molar-refractivity contribution in [2.24, 2.45) is 0 Å². The van der Waals surface area contributed by atoms with Gasteiger partial charge in [-0.15, -0.1) is 0 Å². The summed E-state index contributed by atoms with van der Waals surface area (Å²) < 4.78 is 0. The number of hydrogen-bond donors (Lipinski definition) is 2. The first-order valence-corrected chi connectivity index (χ1v) is 6.95. The lowest BCUT2D eigenvalue weighted by Gasteiger charge is -2.26. The molecule has 116 valence electrons. The van der Waals surface area contributed by atoms with E-state index in [1.54, 1.807) is 24.3 Å². The Morgan fingerprint density at radius 3 is 2.41 bits per heavy atom. The van der Waals surface area contributed by atoms with E-state index in [1.165, 1.54) is 11.8 Å². The number of aliphatic hydroxyl groups excluding tert-OH is 1. The topological polar surface area (TPSA) is 94.9 Å². The number of benzene rings is 1. The fraction of sp³-hybridized carbons (Fsp3) is 0.312. The summed E-state index contributed by atoms with van der Waals surface area (Å²) >= 11 is 0. The van der Waals surface area contributed by atoms with E-state index in [4.69, 9.17) is 5.11 Å². The number of nitrogens with zero attached hydrogens (tertiary/aromatic N) is 1. The van der Waals surface area contributed by atoms with Crippen LogP contribution in [0.3, 0.4) is 0 Å². The van der Waals surface area contributed by atoms with Crippen LogP contribution in [0, 0.1) is 0 Å². The first-order chi connectivity index (χ1) is 10.4. The molecule has 0 spiro atoms. The van der Waals surface area contributed by atoms with Gasteiger partial charge in [-0.1, -0.05) is 30.3 Å². The third-order valence-corrected chi connectivity index (χ3v) is 3.59. The van der Waals surface area contributed by atoms with Gasteiger partial charge in [0.05, 0.1) is 11.6 Å². The second kappa shape index (κ2) is 6.43. The van der Waals surface area contributed by atoms with Gasteiger partial charge in [-0.2, -0.15) is 0 Å². The van der Waals surface area contributed by atoms with Crippen LogP contribution in [-0.4, -0.2) is 39.3 Å². The Morgan fingerprint density at radius 1 is 1.23 bits per heavy atom. The van der Waals surface area contributed by atoms with E-state index >= 15 is 0 Å². The molecule has 6 nitrogen and oxygen atoms in total. The molecule has 1 aromatic carbocycles. The predicted octanol–water partition coefficient (Wildman–Crippen LogP) is 1.84. The molecule has 0 aromatic heterocycles. The van der Waals surface area contributed by atoms with Crippen molar-refractivity contribution in [3.8, 4) is 0 Å². The van der Waals surface area contributed by atoms with E-state index in [-0.39, 0.29) is 30.7 Å². The molecule has 2 N–H and O–H groups in total. The Labute approximate surface area is 127 Å². The third-order valence-electron chi connectivity index (χ3n) is 3.59. The quantitative estimate of drug-likeness (QED) is 0.836. The van der Waals surface area contributed by atoms with Gasteiger partial charge in [0.1, 0.15) is 0 Å². The smallest absolute Gasteiger partial charge is 0.303 e. The molecular weight excluding hydrogens is 286 g/mol. The number of aliphatic carboxylic acids is 1. The average Bonchev–Trinajstić information content (AvgIpc) is 2.72. The number of hydrogen-bond acceptors (Lipinski definition) is 4. The van der Waals surface area contributed by atoms with E-state index in [9.17, 15) is 19.5 Å². The van der Waals surface area contributed by atoms with Gasteiger partial charge in [0, 0.05) is 13.0 Å². The highest BCUT2D eigenvalue weighted by Crippen LogP contribution is 2.37. The van der Waals surface area contributed by atoms with Crippen molar-refractivity contribution < 1.29 is 24.6 Å². The maximum Gasteiger partial charge on any atom is 0.303 e. The number of ketones is 1. The lowest BCUT2D eigenvalue weighted by atomic mass is 9.97. The molecule has 22 heavy (non-hydrogen) atoms. The van der Waals surface area contributed by atoms with E-state index in [0.717, 1.165) is 0 Å². The molecule has 1 aliphatic rings. The number of carboxylic acid groups (broad SMARTS) is 1. The van der Waals surface area contributed by atoms with Crippen LogP contribution < -0.4 is 0 Å². The van der Waals surface area contributed by atoms with Crippen molar-refractivity contribution in [2.75, 3.05) is 6.54 Å². The van der Waals surface area contributed by atoms with Gasteiger partial charge >= 0.3 is 5.97 Å². The number of rotatable bonds is 6. The van der Waals surface area contributed by atoms with E-state index in [1.807, 2.05) is 6.07 Å². The number of carbonyl (C=O) groups excluding carboxylic acids is 2. The molecule has 0 saturated heterocycles. The highest BCUT2D eigenvalue weighted by atomic mass is 16.4. The molecule has 0 unspecified atom stereocenters. The minimum Gasteiger partial charge on any atom is -0.503 e. The Hall–Kier alpha value is -2.63. The van der Waals surface area contributed by atoms with Crippen molar-refractivity contribution in [1.82, 2.24) is 4.90 Å². The molecule has 0 bridgehead atoms. The van der Waals surface area contributed by atoms with Crippen LogP contribution >= 0.6 is 0 Å². The molecular formula is C16H17NO5. The van der Waals surface area contributed by atoms with Gasteiger partial charge in [0.2, 0.25) is 0 Å². The van der Waals surface area contributed by atoms with Gasteiger partial charge in [-0.3, -0.25) is 14.4 Å². The van der Waals surface area contributed by atoms with E-state index in [2.05, 4.69) is 0 Å². The highest BCUT2D eigenvalue weighted by Gasteiger charge is 2.41. The van der Waals surface area contributed by atoms with Crippen molar-refractivity contribution in [3.05, 3.63) is 47.2 Å². The molecule has 1 atom stereocenters. The van der Waals surface area contributed by atoms with Gasteiger partial charge < -0.3 is 15.1 Å². The second-order valence-corrected chi connectivity index (χ2v) is 5.13. The Kier molecular flexibility index (Phi) is 4.60. The SMILES string of the molecule is CC(=O)C1=C(O)C(=O)N(CCCC(=O)O)[C@@H]1c1ccccc1. The van der Waals surface area contributed by atoms with E-state index < -0.39 is 23.7 Å². The number of Topliss-reactive ketones (excluding diaryl/α,β-unsaturated/α-hetero) is 1. The first-order valence-electron chi connectivity index (χ1n) is 6.95. The minimum absolute atomic E-state index is 0.0616. The van der Waals surface area contributed by atoms with Crippen LogP contribution in [0.4, 0.5) is 0 Å². The summed E-state index contributed by atoms with van der Waals surface area (Å²) in [5.74, 6) is -2.51. The van der Waals surface area contributed by atoms with Crippen molar-refractivity contribution >= 4 is 17.7 Å². The normalized spacial score (nSPS) is 18.0. The fourth-order valence-electron chi connectivity index (χ4n) is 2.63. The first kappa shape index (κ1) is 15.8. The van der Waals surface area contributed by atoms with Crippen LogP contribution in [-0.2, 0) is 14.4 Å². The molecule has 0 radical (unpaired) electrons. The van der Waals surface area contributed by atoms with Crippen LogP contribution in [0.1, 0.15) is 31.4 Å². The molecule has 1 aliphatic heterocycles. The lowest BCUT2D eigenvalue weighted by Crippen LogP contribution is -2.32. The van der Waals surface area contributed by atoms with Gasteiger partial charge in [-0.05, 0) is 18.9 Å². The number of carboxylic acids is 1. The number of carbonyl (C=O) groups is 3. The molecule has 0 fully saturated rings. The third kappa shape index (κ3) is 3.00. The molecule has 0 saturated carbocycles. The Balaban J connectivity index is 2.34. The van der Waals surface area contributed by atoms with Crippen LogP contribution in [0.5, 0.6) is 0 Å². The minimum atomic E-state index is -0.952. The summed E-state index contributed by atoms with van der Waals surface area (Å²) in [6.07, 6.45) is 0.171. The van der Waals surface area contributed by atoms with Gasteiger partial charge in [0.25, 0.3) is 5.91 Å². The molecule has 6 heteroatoms. The van der Waals surface area contributed by atoms with Gasteiger partial charge in [-0.25, -0.2) is 0 Å². The van der Waals surface area contributed by atoms with Crippen molar-refractivity contribution in [2.45, 2.75) is 25.8 Å². The molecule has 1 aromatic rings. The Morgan fingerprint density at radius 2 is 1.86 bits per heavy atom. The predicted molar refractivity (Wildman–Crippen MR) is 78.1 cm³/mol. The van der Waals surface area contributed by atoms with E-state index in [0.29, 0.717) is 5.56 Å². The Bertz CT molecular complexity index is 635. The summed E-state index contributed by atoms with van der Waals surface area (Å²) in [6.45, 7) is 1.46. The summed E-state index contributed by atoms with van der Waals surface area (Å²) in [6, 6.07) is 8.24. The summed E-state index contributed by atoms with van der Waals surface area (Å²) in [7, 11) is 0. The maximum atomic E-state index is 12.2. The average molecular weight is 303 g/mol. The van der Waals surface area contributed by atoms with Crippen LogP contribution in [0.25, 0.3) is 0 Å².